The molecule has 1 atom stereocenters. The second-order valence-electron chi connectivity index (χ2n) is 6.37. The van der Waals surface area contributed by atoms with E-state index >= 15 is 0 Å². The van der Waals surface area contributed by atoms with Crippen LogP contribution in [0.25, 0.3) is 5.65 Å². The van der Waals surface area contributed by atoms with Crippen LogP contribution in [0.4, 0.5) is 0 Å². The molecule has 4 heterocycles. The summed E-state index contributed by atoms with van der Waals surface area (Å²) in [5.41, 5.74) is 1.72. The van der Waals surface area contributed by atoms with Gasteiger partial charge in [-0.1, -0.05) is 12.1 Å². The average molecular weight is 352 g/mol. The van der Waals surface area contributed by atoms with E-state index in [0.29, 0.717) is 35.7 Å². The maximum Gasteiger partial charge on any atom is 0.277 e. The van der Waals surface area contributed by atoms with Crippen molar-refractivity contribution in [3.63, 3.8) is 0 Å². The maximum atomic E-state index is 12.9. The maximum absolute atomic E-state index is 12.9. The molecule has 0 spiro atoms. The van der Waals surface area contributed by atoms with E-state index in [1.807, 2.05) is 12.1 Å². The fourth-order valence-corrected chi connectivity index (χ4v) is 3.45. The first-order valence-corrected chi connectivity index (χ1v) is 8.46. The molecule has 2 aliphatic heterocycles. The third-order valence-corrected chi connectivity index (χ3v) is 4.79. The van der Waals surface area contributed by atoms with E-state index in [4.69, 9.17) is 9.47 Å². The Hall–Kier alpha value is -3.29. The number of rotatable bonds is 1. The van der Waals surface area contributed by atoms with E-state index in [0.717, 1.165) is 5.69 Å². The van der Waals surface area contributed by atoms with Gasteiger partial charge in [0, 0.05) is 25.2 Å². The SMILES string of the molecule is O=C([C@@H]1COc2ccccc2O1)N1CCc2nc3cc[nH]n3c(=O)c2C1. The minimum atomic E-state index is -0.712. The third-order valence-electron chi connectivity index (χ3n) is 4.79. The van der Waals surface area contributed by atoms with Crippen LogP contribution in [0.1, 0.15) is 11.3 Å². The summed E-state index contributed by atoms with van der Waals surface area (Å²) in [4.78, 5) is 31.7. The largest absolute Gasteiger partial charge is 0.485 e. The van der Waals surface area contributed by atoms with Crippen molar-refractivity contribution in [2.45, 2.75) is 19.1 Å². The average Bonchev–Trinajstić information content (AvgIpc) is 3.16. The van der Waals surface area contributed by atoms with Gasteiger partial charge in [0.15, 0.2) is 17.1 Å². The van der Waals surface area contributed by atoms with Crippen molar-refractivity contribution >= 4 is 11.6 Å². The number of hydrogen-bond acceptors (Lipinski definition) is 5. The molecule has 0 bridgehead atoms. The van der Waals surface area contributed by atoms with Gasteiger partial charge in [-0.05, 0) is 12.1 Å². The Morgan fingerprint density at radius 1 is 1.23 bits per heavy atom. The first-order chi connectivity index (χ1) is 12.7. The summed E-state index contributed by atoms with van der Waals surface area (Å²) in [7, 11) is 0. The second kappa shape index (κ2) is 5.62. The van der Waals surface area contributed by atoms with Gasteiger partial charge in [0.2, 0.25) is 6.10 Å². The van der Waals surface area contributed by atoms with Crippen LogP contribution < -0.4 is 15.0 Å². The summed E-state index contributed by atoms with van der Waals surface area (Å²) in [6.07, 6.45) is 1.50. The van der Waals surface area contributed by atoms with Crippen molar-refractivity contribution in [1.29, 1.82) is 0 Å². The Labute approximate surface area is 148 Å². The number of nitrogens with one attached hydrogen (secondary N) is 1. The van der Waals surface area contributed by atoms with Crippen LogP contribution in [0.5, 0.6) is 11.5 Å². The van der Waals surface area contributed by atoms with E-state index in [1.165, 1.54) is 4.52 Å². The highest BCUT2D eigenvalue weighted by atomic mass is 16.6. The Kier molecular flexibility index (Phi) is 3.24. The first kappa shape index (κ1) is 15.0. The number of fused-ring (bicyclic) bond motifs is 3. The number of aromatic nitrogens is 3. The van der Waals surface area contributed by atoms with E-state index in [9.17, 15) is 9.59 Å². The van der Waals surface area contributed by atoms with Gasteiger partial charge in [-0.15, -0.1) is 0 Å². The lowest BCUT2D eigenvalue weighted by Gasteiger charge is -2.33. The predicted molar refractivity (Wildman–Crippen MR) is 91.3 cm³/mol. The lowest BCUT2D eigenvalue weighted by molar-refractivity contribution is -0.142. The summed E-state index contributed by atoms with van der Waals surface area (Å²) >= 11 is 0. The van der Waals surface area contributed by atoms with Crippen molar-refractivity contribution < 1.29 is 14.3 Å². The number of amides is 1. The van der Waals surface area contributed by atoms with Crippen LogP contribution in [-0.4, -0.2) is 44.7 Å². The van der Waals surface area contributed by atoms with E-state index in [-0.39, 0.29) is 24.6 Å². The van der Waals surface area contributed by atoms with Crippen molar-refractivity contribution in [3.8, 4) is 11.5 Å². The second-order valence-corrected chi connectivity index (χ2v) is 6.37. The molecule has 0 unspecified atom stereocenters. The van der Waals surface area contributed by atoms with Crippen LogP contribution in [0.2, 0.25) is 0 Å². The summed E-state index contributed by atoms with van der Waals surface area (Å²) < 4.78 is 12.8. The lowest BCUT2D eigenvalue weighted by atomic mass is 10.1. The molecule has 132 valence electrons. The number of ether oxygens (including phenoxy) is 2. The Balaban J connectivity index is 1.41. The van der Waals surface area contributed by atoms with Crippen molar-refractivity contribution in [3.05, 3.63) is 58.1 Å². The molecule has 0 saturated carbocycles. The monoisotopic (exact) mass is 352 g/mol. The van der Waals surface area contributed by atoms with Crippen LogP contribution >= 0.6 is 0 Å². The Morgan fingerprint density at radius 2 is 2.08 bits per heavy atom. The normalized spacial score (nSPS) is 18.6. The van der Waals surface area contributed by atoms with Gasteiger partial charge in [0.1, 0.15) is 6.61 Å². The molecular formula is C18H16N4O4. The number of nitrogens with zero attached hydrogens (tertiary/aromatic N) is 3. The quantitative estimate of drug-likeness (QED) is 0.698. The standard InChI is InChI=1S/C18H16N4O4/c23-17-11-9-21(8-6-12(11)20-16-5-7-19-22(16)17)18(24)15-10-25-13-3-1-2-4-14(13)26-15/h1-5,7,15,19H,6,8-10H2/t15-/m0/s1. The number of hydrogen-bond donors (Lipinski definition) is 1. The summed E-state index contributed by atoms with van der Waals surface area (Å²) in [6.45, 7) is 0.885. The smallest absolute Gasteiger partial charge is 0.277 e. The van der Waals surface area contributed by atoms with Crippen LogP contribution in [0.3, 0.4) is 0 Å². The number of H-pyrrole nitrogens is 1. The molecule has 1 aromatic carbocycles. The molecule has 1 N–H and O–H groups in total. The van der Waals surface area contributed by atoms with E-state index in [1.54, 1.807) is 29.3 Å². The zero-order valence-electron chi connectivity index (χ0n) is 13.8. The number of aromatic amines is 1. The molecule has 0 saturated heterocycles. The molecule has 26 heavy (non-hydrogen) atoms. The zero-order chi connectivity index (χ0) is 17.7. The van der Waals surface area contributed by atoms with Gasteiger partial charge in [0.05, 0.1) is 17.8 Å². The summed E-state index contributed by atoms with van der Waals surface area (Å²) in [5.74, 6) is 1.02. The summed E-state index contributed by atoms with van der Waals surface area (Å²) in [6, 6.07) is 9.03. The highest BCUT2D eigenvalue weighted by Crippen LogP contribution is 2.31. The van der Waals surface area contributed by atoms with Crippen LogP contribution in [0.15, 0.2) is 41.3 Å². The third kappa shape index (κ3) is 2.26. The molecule has 2 aromatic heterocycles. The highest BCUT2D eigenvalue weighted by molar-refractivity contribution is 5.82. The van der Waals surface area contributed by atoms with Gasteiger partial charge < -0.3 is 14.4 Å². The van der Waals surface area contributed by atoms with Crippen LogP contribution in [-0.2, 0) is 17.8 Å². The topological polar surface area (TPSA) is 88.9 Å². The van der Waals surface area contributed by atoms with Crippen molar-refractivity contribution in [2.24, 2.45) is 0 Å². The van der Waals surface area contributed by atoms with Gasteiger partial charge in [-0.2, -0.15) is 0 Å². The van der Waals surface area contributed by atoms with Gasteiger partial charge in [-0.3, -0.25) is 14.7 Å². The molecule has 5 rings (SSSR count). The molecule has 8 nitrogen and oxygen atoms in total. The Morgan fingerprint density at radius 3 is 2.96 bits per heavy atom. The Bertz CT molecular complexity index is 1070. The minimum absolute atomic E-state index is 0.159. The number of benzene rings is 1. The van der Waals surface area contributed by atoms with Crippen molar-refractivity contribution in [1.82, 2.24) is 19.5 Å². The minimum Gasteiger partial charge on any atom is -0.485 e. The highest BCUT2D eigenvalue weighted by Gasteiger charge is 2.33. The molecule has 0 radical (unpaired) electrons. The number of carbonyl (C=O) groups excluding carboxylic acids is 1. The summed E-state index contributed by atoms with van der Waals surface area (Å²) in [5, 5.41) is 2.85. The van der Waals surface area contributed by atoms with E-state index < -0.39 is 6.10 Å². The van der Waals surface area contributed by atoms with Crippen molar-refractivity contribution in [2.75, 3.05) is 13.2 Å². The van der Waals surface area contributed by atoms with Gasteiger partial charge in [-0.25, -0.2) is 9.50 Å². The molecular weight excluding hydrogens is 336 g/mol. The van der Waals surface area contributed by atoms with Crippen LogP contribution in [0, 0.1) is 0 Å². The molecule has 0 fully saturated rings. The molecule has 8 heteroatoms. The fraction of sp³-hybridized carbons (Fsp3) is 0.278. The number of carbonyl (C=O) groups is 1. The number of para-hydroxylation sites is 2. The van der Waals surface area contributed by atoms with Gasteiger partial charge >= 0.3 is 0 Å². The van der Waals surface area contributed by atoms with Gasteiger partial charge in [0.25, 0.3) is 11.5 Å². The molecule has 1 amide bonds. The zero-order valence-corrected chi connectivity index (χ0v) is 13.8. The fourth-order valence-electron chi connectivity index (χ4n) is 3.45. The molecule has 0 aliphatic carbocycles. The first-order valence-electron chi connectivity index (χ1n) is 8.46. The molecule has 2 aliphatic rings. The lowest BCUT2D eigenvalue weighted by Crippen LogP contribution is -2.49. The van der Waals surface area contributed by atoms with E-state index in [2.05, 4.69) is 10.1 Å². The predicted octanol–water partition coefficient (Wildman–Crippen LogP) is 0.747. The molecule has 3 aromatic rings.